The Morgan fingerprint density at radius 1 is 1.32 bits per heavy atom. The summed E-state index contributed by atoms with van der Waals surface area (Å²) in [6.45, 7) is 3.99. The van der Waals surface area contributed by atoms with Crippen molar-refractivity contribution in [2.24, 2.45) is 0 Å². The molecule has 2 amide bonds. The second-order valence-corrected chi connectivity index (χ2v) is 4.80. The Labute approximate surface area is 114 Å². The first-order chi connectivity index (χ1) is 9.19. The predicted molar refractivity (Wildman–Crippen MR) is 74.3 cm³/mol. The number of methoxy groups -OCH3 is 1. The highest BCUT2D eigenvalue weighted by molar-refractivity contribution is 5.74. The van der Waals surface area contributed by atoms with Crippen molar-refractivity contribution in [3.8, 4) is 5.75 Å². The lowest BCUT2D eigenvalue weighted by molar-refractivity contribution is 0.154. The zero-order valence-corrected chi connectivity index (χ0v) is 11.6. The molecule has 0 atom stereocenters. The highest BCUT2D eigenvalue weighted by atomic mass is 16.5. The Morgan fingerprint density at radius 2 is 2.05 bits per heavy atom. The minimum absolute atomic E-state index is 0.0101. The molecule has 0 bridgehead atoms. The van der Waals surface area contributed by atoms with Gasteiger partial charge in [0.15, 0.2) is 0 Å². The molecule has 19 heavy (non-hydrogen) atoms. The van der Waals surface area contributed by atoms with Gasteiger partial charge < -0.3 is 19.9 Å². The summed E-state index contributed by atoms with van der Waals surface area (Å²) in [4.78, 5) is 16.1. The number of piperazine rings is 1. The van der Waals surface area contributed by atoms with Gasteiger partial charge in [-0.05, 0) is 24.7 Å². The van der Waals surface area contributed by atoms with Crippen molar-refractivity contribution >= 4 is 6.03 Å². The third-order valence-corrected chi connectivity index (χ3v) is 3.37. The Bertz CT molecular complexity index is 428. The molecule has 0 spiro atoms. The van der Waals surface area contributed by atoms with Gasteiger partial charge in [-0.1, -0.05) is 12.1 Å². The van der Waals surface area contributed by atoms with Crippen molar-refractivity contribution in [1.29, 1.82) is 0 Å². The average molecular weight is 263 g/mol. The predicted octanol–water partition coefficient (Wildman–Crippen LogP) is 1.15. The summed E-state index contributed by atoms with van der Waals surface area (Å²) in [5.74, 6) is 0.811. The third-order valence-electron chi connectivity index (χ3n) is 3.37. The number of rotatable bonds is 3. The number of carbonyl (C=O) groups is 1. The van der Waals surface area contributed by atoms with Crippen LogP contribution < -0.4 is 10.1 Å². The third kappa shape index (κ3) is 3.86. The molecule has 1 aromatic carbocycles. The topological polar surface area (TPSA) is 44.8 Å². The number of benzene rings is 1. The molecule has 1 heterocycles. The number of nitrogens with one attached hydrogen (secondary N) is 1. The standard InChI is InChI=1S/C14H21N3O2/c1-16-6-8-17(9-7-16)14(18)15-11-12-4-3-5-13(10-12)19-2/h3-5,10H,6-9,11H2,1-2H3,(H,15,18). The van der Waals surface area contributed by atoms with Gasteiger partial charge in [0, 0.05) is 32.7 Å². The van der Waals surface area contributed by atoms with Crippen LogP contribution in [0.2, 0.25) is 0 Å². The molecule has 5 nitrogen and oxygen atoms in total. The van der Waals surface area contributed by atoms with Crippen molar-refractivity contribution in [2.75, 3.05) is 40.3 Å². The van der Waals surface area contributed by atoms with Crippen LogP contribution in [0.25, 0.3) is 0 Å². The smallest absolute Gasteiger partial charge is 0.317 e. The van der Waals surface area contributed by atoms with Crippen molar-refractivity contribution in [2.45, 2.75) is 6.54 Å². The summed E-state index contributed by atoms with van der Waals surface area (Å²) in [7, 11) is 3.72. The van der Waals surface area contributed by atoms with E-state index in [1.54, 1.807) is 7.11 Å². The van der Waals surface area contributed by atoms with Crippen LogP contribution >= 0.6 is 0 Å². The SMILES string of the molecule is COc1cccc(CNC(=O)N2CCN(C)CC2)c1. The number of amides is 2. The Morgan fingerprint density at radius 3 is 2.74 bits per heavy atom. The lowest BCUT2D eigenvalue weighted by atomic mass is 10.2. The van der Waals surface area contributed by atoms with Gasteiger partial charge in [0.1, 0.15) is 5.75 Å². The van der Waals surface area contributed by atoms with E-state index in [0.29, 0.717) is 6.54 Å². The summed E-state index contributed by atoms with van der Waals surface area (Å²) < 4.78 is 5.16. The molecule has 0 radical (unpaired) electrons. The Hall–Kier alpha value is -1.75. The van der Waals surface area contributed by atoms with Crippen LogP contribution in [0, 0.1) is 0 Å². The molecule has 1 N–H and O–H groups in total. The summed E-state index contributed by atoms with van der Waals surface area (Å²) in [5.41, 5.74) is 1.04. The highest BCUT2D eigenvalue weighted by Crippen LogP contribution is 2.12. The van der Waals surface area contributed by atoms with Crippen molar-refractivity contribution in [3.05, 3.63) is 29.8 Å². The number of carbonyl (C=O) groups excluding carboxylic acids is 1. The first kappa shape index (κ1) is 13.7. The Kier molecular flexibility index (Phi) is 4.63. The number of urea groups is 1. The molecule has 1 aliphatic rings. The summed E-state index contributed by atoms with van der Waals surface area (Å²) in [6, 6.07) is 7.75. The molecule has 0 unspecified atom stereocenters. The van der Waals surface area contributed by atoms with Crippen LogP contribution in [0.1, 0.15) is 5.56 Å². The second-order valence-electron chi connectivity index (χ2n) is 4.80. The normalized spacial score (nSPS) is 16.2. The largest absolute Gasteiger partial charge is 0.497 e. The van der Waals surface area contributed by atoms with E-state index >= 15 is 0 Å². The molecule has 0 saturated carbocycles. The lowest BCUT2D eigenvalue weighted by Gasteiger charge is -2.32. The molecular weight excluding hydrogens is 242 g/mol. The maximum absolute atomic E-state index is 12.0. The highest BCUT2D eigenvalue weighted by Gasteiger charge is 2.18. The van der Waals surface area contributed by atoms with Crippen LogP contribution in [0.4, 0.5) is 4.79 Å². The minimum Gasteiger partial charge on any atom is -0.497 e. The minimum atomic E-state index is 0.0101. The molecule has 104 valence electrons. The van der Waals surface area contributed by atoms with Crippen LogP contribution in [0.3, 0.4) is 0 Å². The first-order valence-corrected chi connectivity index (χ1v) is 6.53. The second kappa shape index (κ2) is 6.43. The zero-order chi connectivity index (χ0) is 13.7. The summed E-state index contributed by atoms with van der Waals surface area (Å²) in [5, 5.41) is 2.95. The van der Waals surface area contributed by atoms with Crippen molar-refractivity contribution < 1.29 is 9.53 Å². The van der Waals surface area contributed by atoms with Gasteiger partial charge in [-0.15, -0.1) is 0 Å². The van der Waals surface area contributed by atoms with E-state index in [0.717, 1.165) is 37.5 Å². The van der Waals surface area contributed by atoms with Gasteiger partial charge in [-0.2, -0.15) is 0 Å². The van der Waals surface area contributed by atoms with E-state index in [2.05, 4.69) is 17.3 Å². The molecular formula is C14H21N3O2. The lowest BCUT2D eigenvalue weighted by Crippen LogP contribution is -2.50. The van der Waals surface area contributed by atoms with E-state index in [1.807, 2.05) is 29.2 Å². The number of ether oxygens (including phenoxy) is 1. The molecule has 1 saturated heterocycles. The average Bonchev–Trinajstić information content (AvgIpc) is 2.46. The Balaban J connectivity index is 1.82. The number of hydrogen-bond donors (Lipinski definition) is 1. The quantitative estimate of drug-likeness (QED) is 0.890. The molecule has 5 heteroatoms. The molecule has 1 aliphatic heterocycles. The number of hydrogen-bond acceptors (Lipinski definition) is 3. The van der Waals surface area contributed by atoms with E-state index in [-0.39, 0.29) is 6.03 Å². The van der Waals surface area contributed by atoms with Gasteiger partial charge in [0.25, 0.3) is 0 Å². The monoisotopic (exact) mass is 263 g/mol. The van der Waals surface area contributed by atoms with E-state index < -0.39 is 0 Å². The van der Waals surface area contributed by atoms with Crippen LogP contribution in [-0.2, 0) is 6.54 Å². The fraction of sp³-hybridized carbons (Fsp3) is 0.500. The zero-order valence-electron chi connectivity index (χ0n) is 11.6. The van der Waals surface area contributed by atoms with Crippen LogP contribution in [0.5, 0.6) is 5.75 Å². The van der Waals surface area contributed by atoms with Gasteiger partial charge >= 0.3 is 6.03 Å². The van der Waals surface area contributed by atoms with Gasteiger partial charge in [-0.25, -0.2) is 4.79 Å². The van der Waals surface area contributed by atoms with Crippen LogP contribution in [-0.4, -0.2) is 56.2 Å². The number of nitrogens with zero attached hydrogens (tertiary/aromatic N) is 2. The van der Waals surface area contributed by atoms with Crippen molar-refractivity contribution in [3.63, 3.8) is 0 Å². The number of likely N-dealkylation sites (N-methyl/N-ethyl adjacent to an activating group) is 1. The molecule has 0 aromatic heterocycles. The molecule has 0 aliphatic carbocycles. The van der Waals surface area contributed by atoms with E-state index in [4.69, 9.17) is 4.74 Å². The molecule has 1 aromatic rings. The fourth-order valence-corrected chi connectivity index (χ4v) is 2.08. The van der Waals surface area contributed by atoms with E-state index in [1.165, 1.54) is 0 Å². The first-order valence-electron chi connectivity index (χ1n) is 6.53. The van der Waals surface area contributed by atoms with E-state index in [9.17, 15) is 4.79 Å². The van der Waals surface area contributed by atoms with Gasteiger partial charge in [0.05, 0.1) is 7.11 Å². The maximum atomic E-state index is 12.0. The van der Waals surface area contributed by atoms with Crippen LogP contribution in [0.15, 0.2) is 24.3 Å². The van der Waals surface area contributed by atoms with Gasteiger partial charge in [-0.3, -0.25) is 0 Å². The fourth-order valence-electron chi connectivity index (χ4n) is 2.08. The van der Waals surface area contributed by atoms with Gasteiger partial charge in [0.2, 0.25) is 0 Å². The summed E-state index contributed by atoms with van der Waals surface area (Å²) in [6.07, 6.45) is 0. The van der Waals surface area contributed by atoms with Crippen molar-refractivity contribution in [1.82, 2.24) is 15.1 Å². The maximum Gasteiger partial charge on any atom is 0.317 e. The summed E-state index contributed by atoms with van der Waals surface area (Å²) >= 11 is 0. The molecule has 1 fully saturated rings. The molecule has 2 rings (SSSR count).